The number of hydrogen-bond donors (Lipinski definition) is 2. The summed E-state index contributed by atoms with van der Waals surface area (Å²) < 4.78 is 15.9. The van der Waals surface area contributed by atoms with E-state index in [1.165, 1.54) is 6.21 Å². The summed E-state index contributed by atoms with van der Waals surface area (Å²) >= 11 is 0. The first kappa shape index (κ1) is 19.7. The number of rotatable bonds is 9. The fraction of sp³-hybridized carbons (Fsp3) is 0.471. The van der Waals surface area contributed by atoms with E-state index < -0.39 is 12.6 Å². The second kappa shape index (κ2) is 10.4. The lowest BCUT2D eigenvalue weighted by Gasteiger charge is -2.25. The third kappa shape index (κ3) is 6.69. The quantitative estimate of drug-likeness (QED) is 0.479. The van der Waals surface area contributed by atoms with Crippen LogP contribution in [0.5, 0.6) is 11.5 Å². The van der Waals surface area contributed by atoms with Crippen LogP contribution < -0.4 is 14.9 Å². The molecule has 2 N–H and O–H groups in total. The first-order valence-electron chi connectivity index (χ1n) is 8.32. The SMILES string of the molecule is CCOc1cc(C=NNC(=O)CN2CCOCC2)ccc1OCC(=O)O. The van der Waals surface area contributed by atoms with Gasteiger partial charge >= 0.3 is 5.97 Å². The molecule has 1 heterocycles. The number of aliphatic carboxylic acids is 1. The standard InChI is InChI=1S/C17H23N3O6/c1-2-25-15-9-13(3-4-14(15)26-12-17(22)23)10-18-19-16(21)11-20-5-7-24-8-6-20/h3-4,9-10H,2,5-8,11-12H2,1H3,(H,19,21)(H,22,23). The van der Waals surface area contributed by atoms with Gasteiger partial charge in [0.2, 0.25) is 0 Å². The Labute approximate surface area is 151 Å². The molecule has 1 aliphatic rings. The van der Waals surface area contributed by atoms with Gasteiger partial charge in [0.25, 0.3) is 5.91 Å². The maximum absolute atomic E-state index is 11.9. The molecule has 1 fully saturated rings. The van der Waals surface area contributed by atoms with E-state index in [1.54, 1.807) is 18.2 Å². The lowest BCUT2D eigenvalue weighted by atomic mass is 10.2. The van der Waals surface area contributed by atoms with E-state index in [-0.39, 0.29) is 12.5 Å². The van der Waals surface area contributed by atoms with Crippen molar-refractivity contribution in [3.63, 3.8) is 0 Å². The Balaban J connectivity index is 1.90. The van der Waals surface area contributed by atoms with Crippen molar-refractivity contribution in [1.82, 2.24) is 10.3 Å². The zero-order chi connectivity index (χ0) is 18.8. The predicted molar refractivity (Wildman–Crippen MR) is 93.7 cm³/mol. The molecule has 1 amide bonds. The molecule has 1 aromatic rings. The van der Waals surface area contributed by atoms with Gasteiger partial charge in [-0.15, -0.1) is 0 Å². The summed E-state index contributed by atoms with van der Waals surface area (Å²) in [4.78, 5) is 24.5. The Morgan fingerprint density at radius 3 is 2.77 bits per heavy atom. The van der Waals surface area contributed by atoms with E-state index in [1.807, 2.05) is 11.8 Å². The molecule has 0 aromatic heterocycles. The summed E-state index contributed by atoms with van der Waals surface area (Å²) in [6.45, 7) is 4.76. The summed E-state index contributed by atoms with van der Waals surface area (Å²) in [6, 6.07) is 4.96. The van der Waals surface area contributed by atoms with Gasteiger partial charge in [-0.2, -0.15) is 5.10 Å². The van der Waals surface area contributed by atoms with Crippen LogP contribution in [0, 0.1) is 0 Å². The van der Waals surface area contributed by atoms with Gasteiger partial charge in [0.15, 0.2) is 18.1 Å². The largest absolute Gasteiger partial charge is 0.490 e. The van der Waals surface area contributed by atoms with Gasteiger partial charge in [-0.1, -0.05) is 0 Å². The molecule has 0 aliphatic carbocycles. The van der Waals surface area contributed by atoms with Crippen molar-refractivity contribution >= 4 is 18.1 Å². The first-order chi connectivity index (χ1) is 12.6. The Kier molecular flexibility index (Phi) is 7.84. The highest BCUT2D eigenvalue weighted by Gasteiger charge is 2.13. The van der Waals surface area contributed by atoms with Crippen molar-refractivity contribution in [2.45, 2.75) is 6.92 Å². The van der Waals surface area contributed by atoms with Crippen LogP contribution in [0.3, 0.4) is 0 Å². The number of carbonyl (C=O) groups excluding carboxylic acids is 1. The minimum absolute atomic E-state index is 0.199. The van der Waals surface area contributed by atoms with Crippen LogP contribution in [0.4, 0.5) is 0 Å². The summed E-state index contributed by atoms with van der Waals surface area (Å²) in [5.41, 5.74) is 3.17. The molecule has 0 radical (unpaired) electrons. The van der Waals surface area contributed by atoms with Gasteiger partial charge in [0.05, 0.1) is 32.6 Å². The Morgan fingerprint density at radius 2 is 2.08 bits per heavy atom. The third-order valence-electron chi connectivity index (χ3n) is 3.49. The smallest absolute Gasteiger partial charge is 0.341 e. The molecule has 0 saturated carbocycles. The van der Waals surface area contributed by atoms with Crippen LogP contribution in [0.1, 0.15) is 12.5 Å². The number of carboxylic acid groups (broad SMARTS) is 1. The normalized spacial score (nSPS) is 15.0. The lowest BCUT2D eigenvalue weighted by Crippen LogP contribution is -2.42. The van der Waals surface area contributed by atoms with Crippen LogP contribution in [-0.2, 0) is 14.3 Å². The molecule has 2 rings (SSSR count). The number of carboxylic acids is 1. The number of ether oxygens (including phenoxy) is 3. The van der Waals surface area contributed by atoms with E-state index in [0.717, 1.165) is 13.1 Å². The zero-order valence-electron chi connectivity index (χ0n) is 14.6. The summed E-state index contributed by atoms with van der Waals surface area (Å²) in [5, 5.41) is 12.6. The monoisotopic (exact) mass is 365 g/mol. The van der Waals surface area contributed by atoms with Gasteiger partial charge in [-0.25, -0.2) is 10.2 Å². The van der Waals surface area contributed by atoms with Gasteiger partial charge in [-0.3, -0.25) is 9.69 Å². The number of amides is 1. The molecule has 1 saturated heterocycles. The fourth-order valence-corrected chi connectivity index (χ4v) is 2.31. The highest BCUT2D eigenvalue weighted by molar-refractivity contribution is 5.84. The van der Waals surface area contributed by atoms with Crippen molar-refractivity contribution in [2.24, 2.45) is 5.10 Å². The van der Waals surface area contributed by atoms with Crippen molar-refractivity contribution in [3.05, 3.63) is 23.8 Å². The zero-order valence-corrected chi connectivity index (χ0v) is 14.6. The Morgan fingerprint density at radius 1 is 1.31 bits per heavy atom. The molecule has 1 aliphatic heterocycles. The molecule has 26 heavy (non-hydrogen) atoms. The second-order valence-electron chi connectivity index (χ2n) is 5.50. The molecule has 0 atom stereocenters. The number of benzene rings is 1. The number of hydrogen-bond acceptors (Lipinski definition) is 7. The van der Waals surface area contributed by atoms with Gasteiger partial charge in [-0.05, 0) is 30.7 Å². The van der Waals surface area contributed by atoms with Crippen molar-refractivity contribution in [1.29, 1.82) is 0 Å². The minimum atomic E-state index is -1.07. The molecule has 0 spiro atoms. The Hall–Kier alpha value is -2.65. The first-order valence-corrected chi connectivity index (χ1v) is 8.32. The summed E-state index contributed by atoms with van der Waals surface area (Å²) in [7, 11) is 0. The number of carbonyl (C=O) groups is 2. The number of nitrogens with zero attached hydrogens (tertiary/aromatic N) is 2. The molecule has 1 aromatic carbocycles. The van der Waals surface area contributed by atoms with Gasteiger partial charge in [0.1, 0.15) is 0 Å². The summed E-state index contributed by atoms with van der Waals surface area (Å²) in [5.74, 6) is -0.518. The summed E-state index contributed by atoms with van der Waals surface area (Å²) in [6.07, 6.45) is 1.49. The molecular weight excluding hydrogens is 342 g/mol. The number of hydrazone groups is 1. The van der Waals surface area contributed by atoms with Gasteiger partial charge < -0.3 is 19.3 Å². The van der Waals surface area contributed by atoms with E-state index in [2.05, 4.69) is 10.5 Å². The molecule has 0 bridgehead atoms. The predicted octanol–water partition coefficient (Wildman–Crippen LogP) is 0.331. The van der Waals surface area contributed by atoms with Crippen molar-refractivity contribution in [2.75, 3.05) is 46.1 Å². The Bertz CT molecular complexity index is 643. The highest BCUT2D eigenvalue weighted by Crippen LogP contribution is 2.28. The van der Waals surface area contributed by atoms with Crippen LogP contribution >= 0.6 is 0 Å². The average molecular weight is 365 g/mol. The van der Waals surface area contributed by atoms with Crippen LogP contribution in [-0.4, -0.2) is 74.2 Å². The lowest BCUT2D eigenvalue weighted by molar-refractivity contribution is -0.139. The molecular formula is C17H23N3O6. The van der Waals surface area contributed by atoms with Crippen LogP contribution in [0.15, 0.2) is 23.3 Å². The topological polar surface area (TPSA) is 110 Å². The van der Waals surface area contributed by atoms with Gasteiger partial charge in [0, 0.05) is 13.1 Å². The van der Waals surface area contributed by atoms with Crippen molar-refractivity contribution < 1.29 is 28.9 Å². The fourth-order valence-electron chi connectivity index (χ4n) is 2.31. The highest BCUT2D eigenvalue weighted by atomic mass is 16.5. The number of morpholine rings is 1. The third-order valence-corrected chi connectivity index (χ3v) is 3.49. The van der Waals surface area contributed by atoms with Crippen molar-refractivity contribution in [3.8, 4) is 11.5 Å². The molecule has 9 nitrogen and oxygen atoms in total. The molecule has 9 heteroatoms. The van der Waals surface area contributed by atoms with E-state index >= 15 is 0 Å². The maximum atomic E-state index is 11.9. The molecule has 142 valence electrons. The average Bonchev–Trinajstić information content (AvgIpc) is 2.62. The van der Waals surface area contributed by atoms with E-state index in [0.29, 0.717) is 36.9 Å². The van der Waals surface area contributed by atoms with Crippen LogP contribution in [0.25, 0.3) is 0 Å². The number of nitrogens with one attached hydrogen (secondary N) is 1. The van der Waals surface area contributed by atoms with Crippen LogP contribution in [0.2, 0.25) is 0 Å². The van der Waals surface area contributed by atoms with E-state index in [4.69, 9.17) is 19.3 Å². The molecule has 0 unspecified atom stereocenters. The maximum Gasteiger partial charge on any atom is 0.341 e. The van der Waals surface area contributed by atoms with E-state index in [9.17, 15) is 9.59 Å². The minimum Gasteiger partial charge on any atom is -0.490 e. The second-order valence-corrected chi connectivity index (χ2v) is 5.50.